The number of carbonyl (C=O) groups excluding carboxylic acids is 2. The molecule has 2 rings (SSSR count). The summed E-state index contributed by atoms with van der Waals surface area (Å²) in [6.07, 6.45) is 0.886. The van der Waals surface area contributed by atoms with Crippen molar-refractivity contribution in [1.82, 2.24) is 5.32 Å². The highest BCUT2D eigenvalue weighted by Crippen LogP contribution is 2.31. The number of hydrogen-bond donors (Lipinski definition) is 3. The average Bonchev–Trinajstić information content (AvgIpc) is 2.74. The lowest BCUT2D eigenvalue weighted by Gasteiger charge is -2.41. The van der Waals surface area contributed by atoms with Gasteiger partial charge in [-0.2, -0.15) is 0 Å². The Bertz CT molecular complexity index is 679. The summed E-state index contributed by atoms with van der Waals surface area (Å²) in [7, 11) is 1.78. The standard InChI is InChI=1S/C24H41NO7/c1-8-19-24(6,29)10-9-18(26)13(2)11-14(3)21(16(5)22(28)31-19)32-23-20(27)17(25-7)12-15(4)30-23/h9-10,13-17,19-21,23,25,27,29H,8,11-12H2,1-7H3/b10-9+/t13-,14+,15?,16-,17?,19-,20?,21+,23?,24+/m1/s1. The van der Waals surface area contributed by atoms with Crippen molar-refractivity contribution < 1.29 is 34.0 Å². The van der Waals surface area contributed by atoms with Crippen LogP contribution in [-0.2, 0) is 23.8 Å². The molecule has 184 valence electrons. The zero-order valence-corrected chi connectivity index (χ0v) is 20.4. The van der Waals surface area contributed by atoms with Gasteiger partial charge in [0.15, 0.2) is 12.1 Å². The van der Waals surface area contributed by atoms with Crippen molar-refractivity contribution in [2.45, 2.75) is 103 Å². The maximum Gasteiger partial charge on any atom is 0.311 e. The summed E-state index contributed by atoms with van der Waals surface area (Å²) in [6.45, 7) is 10.7. The van der Waals surface area contributed by atoms with Crippen LogP contribution in [0.3, 0.4) is 0 Å². The molecule has 32 heavy (non-hydrogen) atoms. The zero-order valence-electron chi connectivity index (χ0n) is 20.4. The second-order valence-corrected chi connectivity index (χ2v) is 9.74. The van der Waals surface area contributed by atoms with Gasteiger partial charge in [-0.15, -0.1) is 0 Å². The van der Waals surface area contributed by atoms with E-state index in [1.807, 2.05) is 27.7 Å². The lowest BCUT2D eigenvalue weighted by Crippen LogP contribution is -2.56. The Morgan fingerprint density at radius 2 is 1.88 bits per heavy atom. The number of carbonyl (C=O) groups is 2. The van der Waals surface area contributed by atoms with Crippen LogP contribution in [0, 0.1) is 17.8 Å². The van der Waals surface area contributed by atoms with Gasteiger partial charge in [-0.05, 0) is 65.2 Å². The molecule has 2 aliphatic heterocycles. The van der Waals surface area contributed by atoms with Crippen molar-refractivity contribution >= 4 is 11.8 Å². The Morgan fingerprint density at radius 1 is 1.22 bits per heavy atom. The second kappa shape index (κ2) is 11.2. The predicted octanol–water partition coefficient (Wildman–Crippen LogP) is 1.97. The third-order valence-electron chi connectivity index (χ3n) is 6.81. The monoisotopic (exact) mass is 455 g/mol. The van der Waals surface area contributed by atoms with Crippen LogP contribution in [0.2, 0.25) is 0 Å². The highest BCUT2D eigenvalue weighted by Gasteiger charge is 2.42. The fourth-order valence-electron chi connectivity index (χ4n) is 4.68. The van der Waals surface area contributed by atoms with Crippen LogP contribution in [0.15, 0.2) is 12.2 Å². The number of ketones is 1. The summed E-state index contributed by atoms with van der Waals surface area (Å²) >= 11 is 0. The topological polar surface area (TPSA) is 114 Å². The van der Waals surface area contributed by atoms with E-state index >= 15 is 0 Å². The fraction of sp³-hybridized carbons (Fsp3) is 0.833. The second-order valence-electron chi connectivity index (χ2n) is 9.74. The third kappa shape index (κ3) is 6.38. The highest BCUT2D eigenvalue weighted by molar-refractivity contribution is 5.91. The van der Waals surface area contributed by atoms with E-state index in [0.29, 0.717) is 19.3 Å². The van der Waals surface area contributed by atoms with Gasteiger partial charge in [0.1, 0.15) is 17.8 Å². The Hall–Kier alpha value is -1.32. The summed E-state index contributed by atoms with van der Waals surface area (Å²) in [4.78, 5) is 25.7. The molecule has 0 aliphatic carbocycles. The highest BCUT2D eigenvalue weighted by atomic mass is 16.7. The minimum Gasteiger partial charge on any atom is -0.459 e. The minimum atomic E-state index is -1.47. The molecule has 0 aromatic rings. The van der Waals surface area contributed by atoms with Crippen molar-refractivity contribution in [3.05, 3.63) is 12.2 Å². The molecule has 0 saturated carbocycles. The smallest absolute Gasteiger partial charge is 0.311 e. The van der Waals surface area contributed by atoms with Gasteiger partial charge in [-0.1, -0.05) is 20.8 Å². The molecule has 3 N–H and O–H groups in total. The molecule has 10 atom stereocenters. The van der Waals surface area contributed by atoms with Crippen LogP contribution in [0.25, 0.3) is 0 Å². The molecule has 2 heterocycles. The molecule has 1 saturated heterocycles. The number of rotatable bonds is 4. The molecule has 8 heteroatoms. The number of cyclic esters (lactones) is 1. The lowest BCUT2D eigenvalue weighted by atomic mass is 9.84. The Morgan fingerprint density at radius 3 is 2.47 bits per heavy atom. The van der Waals surface area contributed by atoms with E-state index in [1.54, 1.807) is 14.0 Å². The van der Waals surface area contributed by atoms with E-state index in [9.17, 15) is 19.8 Å². The summed E-state index contributed by atoms with van der Waals surface area (Å²) in [5.74, 6) is -1.81. The molecule has 0 spiro atoms. The first-order valence-corrected chi connectivity index (χ1v) is 11.7. The van der Waals surface area contributed by atoms with Crippen LogP contribution in [0.4, 0.5) is 0 Å². The number of allylic oxidation sites excluding steroid dienone is 1. The van der Waals surface area contributed by atoms with Gasteiger partial charge in [-0.25, -0.2) is 0 Å². The van der Waals surface area contributed by atoms with Crippen LogP contribution in [-0.4, -0.2) is 71.4 Å². The van der Waals surface area contributed by atoms with Gasteiger partial charge in [0, 0.05) is 12.0 Å². The number of likely N-dealkylation sites (N-methyl/N-ethyl adjacent to an activating group) is 1. The predicted molar refractivity (Wildman–Crippen MR) is 120 cm³/mol. The fourth-order valence-corrected chi connectivity index (χ4v) is 4.68. The van der Waals surface area contributed by atoms with Gasteiger partial charge in [0.25, 0.3) is 0 Å². The van der Waals surface area contributed by atoms with Gasteiger partial charge in [0.05, 0.1) is 18.1 Å². The Balaban J connectivity index is 2.35. The van der Waals surface area contributed by atoms with Crippen LogP contribution < -0.4 is 5.32 Å². The normalized spacial score (nSPS) is 45.5. The quantitative estimate of drug-likeness (QED) is 0.551. The van der Waals surface area contributed by atoms with Gasteiger partial charge < -0.3 is 29.7 Å². The summed E-state index contributed by atoms with van der Waals surface area (Å²) in [6, 6.07) is -0.197. The maximum atomic E-state index is 13.1. The number of esters is 1. The number of ether oxygens (including phenoxy) is 3. The molecule has 8 nitrogen and oxygen atoms in total. The van der Waals surface area contributed by atoms with Gasteiger partial charge in [-0.3, -0.25) is 9.59 Å². The molecule has 0 aromatic heterocycles. The van der Waals surface area contributed by atoms with Gasteiger partial charge in [0.2, 0.25) is 0 Å². The molecular formula is C24H41NO7. The first-order chi connectivity index (χ1) is 14.9. The van der Waals surface area contributed by atoms with Crippen molar-refractivity contribution in [1.29, 1.82) is 0 Å². The molecular weight excluding hydrogens is 414 g/mol. The van der Waals surface area contributed by atoms with Crippen molar-refractivity contribution in [2.24, 2.45) is 17.8 Å². The molecule has 0 aromatic carbocycles. The van der Waals surface area contributed by atoms with Crippen molar-refractivity contribution in [3.63, 3.8) is 0 Å². The van der Waals surface area contributed by atoms with Crippen LogP contribution >= 0.6 is 0 Å². The first-order valence-electron chi connectivity index (χ1n) is 11.7. The SMILES string of the molecule is CC[C@H]1OC(=O)[C@H](C)[C@@H](OC2OC(C)CC(NC)C2O)[C@@H](C)C[C@@H](C)C(=O)/C=C/[C@]1(C)O. The van der Waals surface area contributed by atoms with E-state index in [4.69, 9.17) is 14.2 Å². The molecule has 0 amide bonds. The van der Waals surface area contributed by atoms with Crippen LogP contribution in [0.5, 0.6) is 0 Å². The molecule has 0 bridgehead atoms. The summed E-state index contributed by atoms with van der Waals surface area (Å²) < 4.78 is 17.8. The van der Waals surface area contributed by atoms with Crippen molar-refractivity contribution in [2.75, 3.05) is 7.05 Å². The summed E-state index contributed by atoms with van der Waals surface area (Å²) in [5.41, 5.74) is -1.47. The van der Waals surface area contributed by atoms with E-state index in [-0.39, 0.29) is 29.8 Å². The van der Waals surface area contributed by atoms with Gasteiger partial charge >= 0.3 is 5.97 Å². The average molecular weight is 456 g/mol. The van der Waals surface area contributed by atoms with Crippen LogP contribution in [0.1, 0.15) is 60.8 Å². The summed E-state index contributed by atoms with van der Waals surface area (Å²) in [5, 5.41) is 24.7. The van der Waals surface area contributed by atoms with E-state index in [2.05, 4.69) is 5.32 Å². The minimum absolute atomic E-state index is 0.108. The number of nitrogens with one attached hydrogen (secondary N) is 1. The molecule has 1 fully saturated rings. The Labute approximate surface area is 191 Å². The largest absolute Gasteiger partial charge is 0.459 e. The third-order valence-corrected chi connectivity index (χ3v) is 6.81. The van der Waals surface area contributed by atoms with E-state index < -0.39 is 42.1 Å². The lowest BCUT2D eigenvalue weighted by molar-refractivity contribution is -0.273. The molecule has 2 aliphatic rings. The Kier molecular flexibility index (Phi) is 9.43. The zero-order chi connectivity index (χ0) is 24.2. The first kappa shape index (κ1) is 26.9. The maximum absolute atomic E-state index is 13.1. The molecule has 0 radical (unpaired) electrons. The number of hydrogen-bond acceptors (Lipinski definition) is 8. The van der Waals surface area contributed by atoms with E-state index in [0.717, 1.165) is 0 Å². The molecule has 4 unspecified atom stereocenters. The number of aliphatic hydroxyl groups is 2. The van der Waals surface area contributed by atoms with E-state index in [1.165, 1.54) is 19.1 Å². The number of aliphatic hydroxyl groups excluding tert-OH is 1. The van der Waals surface area contributed by atoms with Crippen molar-refractivity contribution in [3.8, 4) is 0 Å².